The van der Waals surface area contributed by atoms with E-state index in [0.717, 1.165) is 0 Å². The molecule has 8 heteroatoms. The molecule has 0 bridgehead atoms. The van der Waals surface area contributed by atoms with Gasteiger partial charge in [-0.05, 0) is 12.1 Å². The zero-order valence-corrected chi connectivity index (χ0v) is 8.83. The maximum absolute atomic E-state index is 12.4. The number of hydrogen-bond acceptors (Lipinski definition) is 1. The lowest BCUT2D eigenvalue weighted by molar-refractivity contribution is -0.162. The third kappa shape index (κ3) is 2.60. The lowest BCUT2D eigenvalue weighted by Gasteiger charge is -2.17. The van der Waals surface area contributed by atoms with Crippen molar-refractivity contribution in [2.75, 3.05) is 0 Å². The van der Waals surface area contributed by atoms with E-state index in [0.29, 0.717) is 6.07 Å². The molecule has 0 spiro atoms. The Bertz CT molecular complexity index is 408. The van der Waals surface area contributed by atoms with Crippen LogP contribution in [0, 0.1) is 0 Å². The monoisotopic (exact) mass is 308 g/mol. The molecule has 16 heavy (non-hydrogen) atoms. The molecule has 0 aliphatic carbocycles. The van der Waals surface area contributed by atoms with Gasteiger partial charge in [-0.25, -0.2) is 0 Å². The maximum Gasteiger partial charge on any atom is 0.418 e. The van der Waals surface area contributed by atoms with E-state index < -0.39 is 33.7 Å². The summed E-state index contributed by atoms with van der Waals surface area (Å²) in [6, 6.07) is 0.589. The minimum absolute atomic E-state index is 0.0353. The second-order valence-corrected chi connectivity index (χ2v) is 3.70. The molecule has 0 fully saturated rings. The molecule has 0 atom stereocenters. The summed E-state index contributed by atoms with van der Waals surface area (Å²) in [6.45, 7) is 0. The minimum atomic E-state index is -5.19. The first-order valence-corrected chi connectivity index (χ1v) is 4.49. The molecule has 0 saturated carbocycles. The topological polar surface area (TPSA) is 20.2 Å². The Morgan fingerprint density at radius 3 is 1.81 bits per heavy atom. The van der Waals surface area contributed by atoms with E-state index in [1.807, 2.05) is 0 Å². The van der Waals surface area contributed by atoms with Crippen molar-refractivity contribution in [2.24, 2.45) is 0 Å². The van der Waals surface area contributed by atoms with Crippen molar-refractivity contribution in [3.8, 4) is 5.75 Å². The van der Waals surface area contributed by atoms with Gasteiger partial charge >= 0.3 is 12.4 Å². The highest BCUT2D eigenvalue weighted by atomic mass is 79.9. The van der Waals surface area contributed by atoms with E-state index >= 15 is 0 Å². The molecule has 1 nitrogen and oxygen atoms in total. The van der Waals surface area contributed by atoms with Gasteiger partial charge in [0.05, 0.1) is 11.1 Å². The summed E-state index contributed by atoms with van der Waals surface area (Å²) in [5, 5.41) is 8.85. The van der Waals surface area contributed by atoms with Gasteiger partial charge in [0.15, 0.2) is 0 Å². The van der Waals surface area contributed by atoms with Gasteiger partial charge in [0.25, 0.3) is 0 Å². The lowest BCUT2D eigenvalue weighted by Crippen LogP contribution is -2.17. The first-order chi connectivity index (χ1) is 7.03. The average molecular weight is 309 g/mol. The molecule has 0 saturated heterocycles. The average Bonchev–Trinajstić information content (AvgIpc) is 1.97. The highest BCUT2D eigenvalue weighted by Gasteiger charge is 2.44. The molecule has 1 N–H and O–H groups in total. The highest BCUT2D eigenvalue weighted by molar-refractivity contribution is 9.10. The van der Waals surface area contributed by atoms with Crippen LogP contribution in [0.4, 0.5) is 26.3 Å². The zero-order valence-electron chi connectivity index (χ0n) is 7.25. The fourth-order valence-corrected chi connectivity index (χ4v) is 1.78. The minimum Gasteiger partial charge on any atom is -0.508 e. The number of hydrogen-bond donors (Lipinski definition) is 1. The van der Waals surface area contributed by atoms with Gasteiger partial charge in [-0.2, -0.15) is 26.3 Å². The van der Waals surface area contributed by atoms with Crippen molar-refractivity contribution in [3.63, 3.8) is 0 Å². The number of halogens is 7. The second-order valence-electron chi connectivity index (χ2n) is 2.85. The Labute approximate surface area is 93.8 Å². The summed E-state index contributed by atoms with van der Waals surface area (Å²) in [6.07, 6.45) is -10.3. The van der Waals surface area contributed by atoms with Crippen LogP contribution in [0.2, 0.25) is 0 Å². The summed E-state index contributed by atoms with van der Waals surface area (Å²) in [5.74, 6) is -0.896. The van der Waals surface area contributed by atoms with Crippen LogP contribution >= 0.6 is 15.9 Å². The van der Waals surface area contributed by atoms with Gasteiger partial charge < -0.3 is 5.11 Å². The van der Waals surface area contributed by atoms with Gasteiger partial charge in [-0.1, -0.05) is 15.9 Å². The van der Waals surface area contributed by atoms with Crippen LogP contribution in [0.25, 0.3) is 0 Å². The zero-order chi connectivity index (χ0) is 12.7. The number of phenolic OH excluding ortho intramolecular Hbond substituents is 1. The largest absolute Gasteiger partial charge is 0.508 e. The summed E-state index contributed by atoms with van der Waals surface area (Å²) in [7, 11) is 0. The Hall–Kier alpha value is -0.920. The van der Waals surface area contributed by atoms with Gasteiger partial charge in [-0.15, -0.1) is 0 Å². The molecule has 1 rings (SSSR count). The van der Waals surface area contributed by atoms with Crippen LogP contribution in [-0.4, -0.2) is 5.11 Å². The van der Waals surface area contributed by atoms with Crippen LogP contribution in [-0.2, 0) is 12.4 Å². The molecule has 0 aliphatic heterocycles. The molecule has 0 unspecified atom stereocenters. The van der Waals surface area contributed by atoms with E-state index in [9.17, 15) is 26.3 Å². The molecule has 1 aromatic rings. The van der Waals surface area contributed by atoms with Crippen molar-refractivity contribution >= 4 is 15.9 Å². The van der Waals surface area contributed by atoms with Crippen LogP contribution in [0.5, 0.6) is 5.75 Å². The SMILES string of the molecule is Oc1cc(Br)c(C(F)(F)F)c(C(F)(F)F)c1. The number of aromatic hydroxyl groups is 1. The Morgan fingerprint density at radius 1 is 0.938 bits per heavy atom. The van der Waals surface area contributed by atoms with Crippen LogP contribution in [0.1, 0.15) is 11.1 Å². The van der Waals surface area contributed by atoms with Crippen LogP contribution in [0.3, 0.4) is 0 Å². The first kappa shape index (κ1) is 13.1. The van der Waals surface area contributed by atoms with Gasteiger partial charge in [-0.3, -0.25) is 0 Å². The molecule has 0 aromatic heterocycles. The van der Waals surface area contributed by atoms with Crippen molar-refractivity contribution in [1.82, 2.24) is 0 Å². The maximum atomic E-state index is 12.4. The lowest BCUT2D eigenvalue weighted by atomic mass is 10.1. The predicted molar refractivity (Wildman–Crippen MR) is 45.8 cm³/mol. The van der Waals surface area contributed by atoms with E-state index in [4.69, 9.17) is 5.11 Å². The summed E-state index contributed by atoms with van der Waals surface area (Å²) < 4.78 is 73.1. The fraction of sp³-hybridized carbons (Fsp3) is 0.250. The molecule has 0 aliphatic rings. The molecule has 90 valence electrons. The number of rotatable bonds is 0. The standard InChI is InChI=1S/C8H3BrF6O/c9-5-2-3(16)1-4(7(10,11)12)6(5)8(13,14)15/h1-2,16H. The summed E-state index contributed by atoms with van der Waals surface area (Å²) in [4.78, 5) is 0. The summed E-state index contributed by atoms with van der Waals surface area (Å²) >= 11 is 2.35. The number of phenols is 1. The van der Waals surface area contributed by atoms with Gasteiger partial charge in [0.2, 0.25) is 0 Å². The van der Waals surface area contributed by atoms with E-state index in [1.165, 1.54) is 0 Å². The number of alkyl halides is 6. The fourth-order valence-electron chi connectivity index (χ4n) is 1.10. The van der Waals surface area contributed by atoms with Gasteiger partial charge in [0.1, 0.15) is 5.75 Å². The molecular weight excluding hydrogens is 306 g/mol. The summed E-state index contributed by atoms with van der Waals surface area (Å²) in [5.41, 5.74) is -3.77. The molecule has 0 heterocycles. The van der Waals surface area contributed by atoms with E-state index in [2.05, 4.69) is 15.9 Å². The molecule has 1 aromatic carbocycles. The normalized spacial score (nSPS) is 12.9. The van der Waals surface area contributed by atoms with Crippen molar-refractivity contribution in [1.29, 1.82) is 0 Å². The van der Waals surface area contributed by atoms with Crippen molar-refractivity contribution in [2.45, 2.75) is 12.4 Å². The Kier molecular flexibility index (Phi) is 3.15. The molecule has 0 radical (unpaired) electrons. The van der Waals surface area contributed by atoms with Crippen molar-refractivity contribution in [3.05, 3.63) is 27.7 Å². The smallest absolute Gasteiger partial charge is 0.418 e. The predicted octanol–water partition coefficient (Wildman–Crippen LogP) is 4.19. The van der Waals surface area contributed by atoms with Crippen molar-refractivity contribution < 1.29 is 31.4 Å². The third-order valence-corrected chi connectivity index (χ3v) is 2.29. The highest BCUT2D eigenvalue weighted by Crippen LogP contribution is 2.45. The third-order valence-electron chi connectivity index (χ3n) is 1.66. The van der Waals surface area contributed by atoms with Crippen LogP contribution < -0.4 is 0 Å². The van der Waals surface area contributed by atoms with E-state index in [1.54, 1.807) is 0 Å². The van der Waals surface area contributed by atoms with Gasteiger partial charge in [0, 0.05) is 4.47 Å². The quantitative estimate of drug-likeness (QED) is 0.712. The number of benzene rings is 1. The molecule has 0 amide bonds. The first-order valence-electron chi connectivity index (χ1n) is 3.70. The Morgan fingerprint density at radius 2 is 1.44 bits per heavy atom. The molecular formula is C8H3BrF6O. The Balaban J connectivity index is 3.58. The van der Waals surface area contributed by atoms with Crippen LogP contribution in [0.15, 0.2) is 16.6 Å². The van der Waals surface area contributed by atoms with E-state index in [-0.39, 0.29) is 6.07 Å². The second kappa shape index (κ2) is 3.83.